The number of esters is 1. The van der Waals surface area contributed by atoms with Crippen LogP contribution in [0, 0.1) is 12.7 Å². The number of benzene rings is 2. The third-order valence-electron chi connectivity index (χ3n) is 4.60. The largest absolute Gasteiger partial charge is 0.456 e. The number of rotatable bonds is 6. The molecule has 8 heteroatoms. The van der Waals surface area contributed by atoms with E-state index < -0.39 is 40.2 Å². The van der Waals surface area contributed by atoms with Crippen LogP contribution in [0.4, 0.5) is 4.39 Å². The molecule has 6 nitrogen and oxygen atoms in total. The van der Waals surface area contributed by atoms with Crippen LogP contribution in [0.3, 0.4) is 0 Å². The SMILES string of the molecule is Cc1ccc(S(=O)(=O)N2CCC[C@H]2C(=O)OCC(=O)c2cccc(F)c2)cc1. The van der Waals surface area contributed by atoms with Crippen molar-refractivity contribution in [3.05, 3.63) is 65.5 Å². The van der Waals surface area contributed by atoms with Gasteiger partial charge in [0.2, 0.25) is 10.0 Å². The Morgan fingerprint density at radius 3 is 2.57 bits per heavy atom. The first-order valence-corrected chi connectivity index (χ1v) is 10.3. The second kappa shape index (κ2) is 8.20. The molecule has 28 heavy (non-hydrogen) atoms. The molecule has 0 saturated carbocycles. The van der Waals surface area contributed by atoms with E-state index in [2.05, 4.69) is 0 Å². The van der Waals surface area contributed by atoms with Crippen molar-refractivity contribution < 1.29 is 27.1 Å². The van der Waals surface area contributed by atoms with Gasteiger partial charge in [-0.2, -0.15) is 4.31 Å². The Balaban J connectivity index is 1.69. The van der Waals surface area contributed by atoms with Crippen molar-refractivity contribution >= 4 is 21.8 Å². The Morgan fingerprint density at radius 1 is 1.18 bits per heavy atom. The zero-order valence-corrected chi connectivity index (χ0v) is 16.1. The van der Waals surface area contributed by atoms with Crippen LogP contribution in [-0.4, -0.2) is 43.7 Å². The van der Waals surface area contributed by atoms with Gasteiger partial charge >= 0.3 is 5.97 Å². The molecule has 1 fully saturated rings. The van der Waals surface area contributed by atoms with E-state index in [4.69, 9.17) is 4.74 Å². The van der Waals surface area contributed by atoms with Crippen LogP contribution in [0.15, 0.2) is 53.4 Å². The zero-order valence-electron chi connectivity index (χ0n) is 15.3. The van der Waals surface area contributed by atoms with Crippen molar-refractivity contribution in [1.82, 2.24) is 4.31 Å². The lowest BCUT2D eigenvalue weighted by atomic mass is 10.1. The number of sulfonamides is 1. The van der Waals surface area contributed by atoms with Gasteiger partial charge in [-0.15, -0.1) is 0 Å². The van der Waals surface area contributed by atoms with Gasteiger partial charge in [-0.3, -0.25) is 9.59 Å². The molecule has 2 aromatic carbocycles. The topological polar surface area (TPSA) is 80.8 Å². The van der Waals surface area contributed by atoms with Gasteiger partial charge in [0, 0.05) is 12.1 Å². The van der Waals surface area contributed by atoms with E-state index in [1.54, 1.807) is 12.1 Å². The fourth-order valence-electron chi connectivity index (χ4n) is 3.09. The maximum atomic E-state index is 13.2. The molecule has 0 aromatic heterocycles. The summed E-state index contributed by atoms with van der Waals surface area (Å²) in [5, 5.41) is 0. The summed E-state index contributed by atoms with van der Waals surface area (Å²) in [4.78, 5) is 24.6. The highest BCUT2D eigenvalue weighted by Gasteiger charge is 2.40. The summed E-state index contributed by atoms with van der Waals surface area (Å²) in [6, 6.07) is 10.5. The number of nitrogens with zero attached hydrogens (tertiary/aromatic N) is 1. The molecule has 0 bridgehead atoms. The number of halogens is 1. The van der Waals surface area contributed by atoms with E-state index in [0.29, 0.717) is 12.8 Å². The van der Waals surface area contributed by atoms with E-state index >= 15 is 0 Å². The van der Waals surface area contributed by atoms with Crippen molar-refractivity contribution in [2.24, 2.45) is 0 Å². The monoisotopic (exact) mass is 405 g/mol. The molecular weight excluding hydrogens is 385 g/mol. The van der Waals surface area contributed by atoms with Crippen molar-refractivity contribution in [3.8, 4) is 0 Å². The summed E-state index contributed by atoms with van der Waals surface area (Å²) >= 11 is 0. The lowest BCUT2D eigenvalue weighted by molar-refractivity contribution is -0.146. The highest BCUT2D eigenvalue weighted by molar-refractivity contribution is 7.89. The molecule has 1 heterocycles. The van der Waals surface area contributed by atoms with Crippen LogP contribution in [0.25, 0.3) is 0 Å². The van der Waals surface area contributed by atoms with Gasteiger partial charge in [0.05, 0.1) is 4.90 Å². The first-order valence-electron chi connectivity index (χ1n) is 8.83. The van der Waals surface area contributed by atoms with Crippen LogP contribution >= 0.6 is 0 Å². The van der Waals surface area contributed by atoms with Gasteiger partial charge in [0.1, 0.15) is 11.9 Å². The maximum absolute atomic E-state index is 13.2. The molecule has 0 spiro atoms. The van der Waals surface area contributed by atoms with Crippen molar-refractivity contribution in [3.63, 3.8) is 0 Å². The van der Waals surface area contributed by atoms with Gasteiger partial charge in [0.25, 0.3) is 0 Å². The molecule has 0 aliphatic carbocycles. The summed E-state index contributed by atoms with van der Waals surface area (Å²) < 4.78 is 45.1. The van der Waals surface area contributed by atoms with Crippen LogP contribution in [0.1, 0.15) is 28.8 Å². The van der Waals surface area contributed by atoms with Gasteiger partial charge in [-0.1, -0.05) is 29.8 Å². The standard InChI is InChI=1S/C20H20FNO5S/c1-14-7-9-17(10-8-14)28(25,26)22-11-3-6-18(22)20(24)27-13-19(23)15-4-2-5-16(21)12-15/h2,4-5,7-10,12,18H,3,6,11,13H2,1H3/t18-/m0/s1. The molecule has 3 rings (SSSR count). The minimum atomic E-state index is -3.85. The van der Waals surface area contributed by atoms with E-state index in [9.17, 15) is 22.4 Å². The average molecular weight is 405 g/mol. The number of aryl methyl sites for hydroxylation is 1. The van der Waals surface area contributed by atoms with E-state index in [1.165, 1.54) is 30.3 Å². The Kier molecular flexibility index (Phi) is 5.90. The third kappa shape index (κ3) is 4.28. The maximum Gasteiger partial charge on any atom is 0.324 e. The zero-order chi connectivity index (χ0) is 20.3. The van der Waals surface area contributed by atoms with Crippen LogP contribution in [0.5, 0.6) is 0 Å². The van der Waals surface area contributed by atoms with Crippen LogP contribution in [0.2, 0.25) is 0 Å². The average Bonchev–Trinajstić information content (AvgIpc) is 3.17. The first-order chi connectivity index (χ1) is 13.3. The normalized spacial score (nSPS) is 17.4. The molecule has 2 aromatic rings. The Hall–Kier alpha value is -2.58. The van der Waals surface area contributed by atoms with Crippen LogP contribution < -0.4 is 0 Å². The summed E-state index contributed by atoms with van der Waals surface area (Å²) in [6.07, 6.45) is 0.834. The predicted molar refractivity (Wildman–Crippen MR) is 99.8 cm³/mol. The highest BCUT2D eigenvalue weighted by Crippen LogP contribution is 2.27. The minimum absolute atomic E-state index is 0.0864. The fraction of sp³-hybridized carbons (Fsp3) is 0.300. The number of hydrogen-bond acceptors (Lipinski definition) is 5. The lowest BCUT2D eigenvalue weighted by Crippen LogP contribution is -2.41. The molecule has 1 aliphatic rings. The molecule has 148 valence electrons. The molecule has 0 radical (unpaired) electrons. The second-order valence-corrected chi connectivity index (χ2v) is 8.52. The third-order valence-corrected chi connectivity index (χ3v) is 6.52. The minimum Gasteiger partial charge on any atom is -0.456 e. The number of ether oxygens (including phenoxy) is 1. The number of carbonyl (C=O) groups is 2. The fourth-order valence-corrected chi connectivity index (χ4v) is 4.73. The molecule has 0 N–H and O–H groups in total. The lowest BCUT2D eigenvalue weighted by Gasteiger charge is -2.22. The van der Waals surface area contributed by atoms with Crippen molar-refractivity contribution in [2.75, 3.05) is 13.2 Å². The number of carbonyl (C=O) groups excluding carboxylic acids is 2. The Labute approximate surface area is 163 Å². The molecular formula is C20H20FNO5S. The number of ketones is 1. The van der Waals surface area contributed by atoms with Gasteiger partial charge in [-0.05, 0) is 44.0 Å². The summed E-state index contributed by atoms with van der Waals surface area (Å²) in [5.74, 6) is -1.90. The summed E-state index contributed by atoms with van der Waals surface area (Å²) in [5.41, 5.74) is 1.01. The van der Waals surface area contributed by atoms with Gasteiger partial charge in [-0.25, -0.2) is 12.8 Å². The summed E-state index contributed by atoms with van der Waals surface area (Å²) in [6.45, 7) is 1.48. The predicted octanol–water partition coefficient (Wildman–Crippen LogP) is 2.71. The van der Waals surface area contributed by atoms with Crippen LogP contribution in [-0.2, 0) is 19.6 Å². The Bertz CT molecular complexity index is 988. The molecule has 1 atom stereocenters. The van der Waals surface area contributed by atoms with Crippen molar-refractivity contribution in [2.45, 2.75) is 30.7 Å². The molecule has 1 saturated heterocycles. The quantitative estimate of drug-likeness (QED) is 0.545. The highest BCUT2D eigenvalue weighted by atomic mass is 32.2. The summed E-state index contributed by atoms with van der Waals surface area (Å²) in [7, 11) is -3.85. The van der Waals surface area contributed by atoms with Gasteiger partial charge < -0.3 is 4.74 Å². The molecule has 0 unspecified atom stereocenters. The molecule has 1 aliphatic heterocycles. The Morgan fingerprint density at radius 2 is 1.89 bits per heavy atom. The van der Waals surface area contributed by atoms with E-state index in [1.807, 2.05) is 6.92 Å². The smallest absolute Gasteiger partial charge is 0.324 e. The molecule has 0 amide bonds. The first kappa shape index (κ1) is 20.2. The second-order valence-electron chi connectivity index (χ2n) is 6.63. The number of Topliss-reactive ketones (excluding diaryl/α,β-unsaturated/α-hetero) is 1. The number of hydrogen-bond donors (Lipinski definition) is 0. The van der Waals surface area contributed by atoms with E-state index in [-0.39, 0.29) is 17.0 Å². The van der Waals surface area contributed by atoms with E-state index in [0.717, 1.165) is 15.9 Å². The van der Waals surface area contributed by atoms with Crippen molar-refractivity contribution in [1.29, 1.82) is 0 Å². The van der Waals surface area contributed by atoms with Gasteiger partial charge in [0.15, 0.2) is 12.4 Å².